The molecule has 1 aliphatic carbocycles. The van der Waals surface area contributed by atoms with Crippen molar-refractivity contribution in [1.29, 1.82) is 0 Å². The molecule has 3 aliphatic rings. The molecule has 6 rings (SSSR count). The molecule has 2 atom stereocenters. The Morgan fingerprint density at radius 1 is 0.929 bits per heavy atom. The van der Waals surface area contributed by atoms with Crippen molar-refractivity contribution in [1.82, 2.24) is 30.2 Å². The Morgan fingerprint density at radius 3 is 2.43 bits per heavy atom. The summed E-state index contributed by atoms with van der Waals surface area (Å²) in [6, 6.07) is 9.81. The Bertz CT molecular complexity index is 1380. The zero-order chi connectivity index (χ0) is 29.3. The normalized spacial score (nSPS) is 26.5. The van der Waals surface area contributed by atoms with E-state index >= 15 is 0 Å². The lowest BCUT2D eigenvalue weighted by atomic mass is 9.79. The highest BCUT2D eigenvalue weighted by atomic mass is 19.4. The van der Waals surface area contributed by atoms with Crippen LogP contribution in [0.5, 0.6) is 0 Å². The highest BCUT2D eigenvalue weighted by molar-refractivity contribution is 5.80. The summed E-state index contributed by atoms with van der Waals surface area (Å²) in [5.74, 6) is 0.660. The van der Waals surface area contributed by atoms with Gasteiger partial charge in [0.1, 0.15) is 17.1 Å². The molecule has 42 heavy (non-hydrogen) atoms. The molecular formula is C30H34F3N7O2. The number of carbonyl (C=O) groups is 1. The summed E-state index contributed by atoms with van der Waals surface area (Å²) in [7, 11) is 0. The molecule has 9 nitrogen and oxygen atoms in total. The lowest BCUT2D eigenvalue weighted by molar-refractivity contribution is -0.141. The molecule has 0 bridgehead atoms. The van der Waals surface area contributed by atoms with Crippen molar-refractivity contribution >= 4 is 11.7 Å². The highest BCUT2D eigenvalue weighted by Gasteiger charge is 2.39. The van der Waals surface area contributed by atoms with Gasteiger partial charge in [-0.2, -0.15) is 13.2 Å². The number of hydrogen-bond acceptors (Lipinski definition) is 8. The van der Waals surface area contributed by atoms with E-state index in [4.69, 9.17) is 0 Å². The van der Waals surface area contributed by atoms with Gasteiger partial charge in [-0.25, -0.2) is 15.0 Å². The molecule has 2 aliphatic heterocycles. The van der Waals surface area contributed by atoms with Crippen LogP contribution in [0.4, 0.5) is 19.0 Å². The van der Waals surface area contributed by atoms with Crippen LogP contribution in [0.15, 0.2) is 55.0 Å². The van der Waals surface area contributed by atoms with Gasteiger partial charge in [0.15, 0.2) is 5.82 Å². The monoisotopic (exact) mass is 581 g/mol. The summed E-state index contributed by atoms with van der Waals surface area (Å²) in [6.07, 6.45) is 4.80. The molecule has 0 spiro atoms. The van der Waals surface area contributed by atoms with Gasteiger partial charge in [0.25, 0.3) is 0 Å². The predicted molar refractivity (Wildman–Crippen MR) is 149 cm³/mol. The van der Waals surface area contributed by atoms with Crippen LogP contribution < -0.4 is 10.2 Å². The Morgan fingerprint density at radius 2 is 1.71 bits per heavy atom. The summed E-state index contributed by atoms with van der Waals surface area (Å²) in [5.41, 5.74) is -0.438. The maximum absolute atomic E-state index is 13.3. The fourth-order valence-electron chi connectivity index (χ4n) is 6.38. The minimum Gasteiger partial charge on any atom is -0.384 e. The Kier molecular flexibility index (Phi) is 7.84. The maximum atomic E-state index is 13.3. The molecular weight excluding hydrogens is 547 g/mol. The average molecular weight is 582 g/mol. The van der Waals surface area contributed by atoms with Crippen LogP contribution in [0.25, 0.3) is 11.4 Å². The van der Waals surface area contributed by atoms with Crippen LogP contribution in [0.1, 0.15) is 49.9 Å². The van der Waals surface area contributed by atoms with Gasteiger partial charge in [0.05, 0.1) is 11.6 Å². The minimum atomic E-state index is -4.50. The number of carbonyl (C=O) groups excluding carboxylic acids is 1. The van der Waals surface area contributed by atoms with Gasteiger partial charge in [0, 0.05) is 62.4 Å². The molecule has 1 amide bonds. The quantitative estimate of drug-likeness (QED) is 0.453. The number of halogens is 3. The number of amides is 1. The number of hydrogen-bond donors (Lipinski definition) is 2. The maximum Gasteiger partial charge on any atom is 0.433 e. The molecule has 0 aromatic carbocycles. The standard InChI is InChI=1S/C30H34F3N7O2/c31-30(32,33)25-3-1-4-26(38-25)39-15-9-21(18-39)28(41)40-16-10-23(19-40)37-22-7-11-29(42,12-8-22)24-6-5-20(17-36-24)27-34-13-2-14-35-27/h1-6,13-14,17,21-23,37,42H,7-12,15-16,18-19H2. The first kappa shape index (κ1) is 28.5. The molecule has 5 heterocycles. The van der Waals surface area contributed by atoms with Crippen LogP contribution in [-0.4, -0.2) is 74.1 Å². The van der Waals surface area contributed by atoms with Gasteiger partial charge in [-0.3, -0.25) is 9.78 Å². The number of alkyl halides is 3. The second-order valence-electron chi connectivity index (χ2n) is 11.6. The third kappa shape index (κ3) is 6.10. The Hall–Kier alpha value is -3.64. The van der Waals surface area contributed by atoms with E-state index < -0.39 is 17.5 Å². The number of rotatable bonds is 6. The van der Waals surface area contributed by atoms with Crippen molar-refractivity contribution in [3.63, 3.8) is 0 Å². The number of likely N-dealkylation sites (tertiary alicyclic amines) is 1. The van der Waals surface area contributed by atoms with Gasteiger partial charge in [-0.15, -0.1) is 0 Å². The smallest absolute Gasteiger partial charge is 0.384 e. The van der Waals surface area contributed by atoms with Crippen LogP contribution >= 0.6 is 0 Å². The molecule has 0 radical (unpaired) electrons. The molecule has 2 saturated heterocycles. The number of pyridine rings is 2. The second-order valence-corrected chi connectivity index (χ2v) is 11.6. The predicted octanol–water partition coefficient (Wildman–Crippen LogP) is 3.80. The second kappa shape index (κ2) is 11.6. The molecule has 3 aromatic rings. The number of aromatic nitrogens is 4. The summed E-state index contributed by atoms with van der Waals surface area (Å²) in [6.45, 7) is 2.15. The van der Waals surface area contributed by atoms with Gasteiger partial charge < -0.3 is 20.2 Å². The Labute approximate surface area is 242 Å². The molecule has 222 valence electrons. The molecule has 3 aromatic heterocycles. The first-order valence-electron chi connectivity index (χ1n) is 14.5. The zero-order valence-electron chi connectivity index (χ0n) is 23.2. The zero-order valence-corrected chi connectivity index (χ0v) is 23.2. The van der Waals surface area contributed by atoms with Crippen LogP contribution in [0.3, 0.4) is 0 Å². The van der Waals surface area contributed by atoms with Crippen molar-refractivity contribution in [2.45, 2.75) is 62.4 Å². The van der Waals surface area contributed by atoms with Crippen molar-refractivity contribution in [3.8, 4) is 11.4 Å². The van der Waals surface area contributed by atoms with Crippen LogP contribution in [0, 0.1) is 5.92 Å². The first-order chi connectivity index (χ1) is 20.2. The number of nitrogens with zero attached hydrogens (tertiary/aromatic N) is 6. The molecule has 2 N–H and O–H groups in total. The fourth-order valence-corrected chi connectivity index (χ4v) is 6.38. The topological polar surface area (TPSA) is 107 Å². The van der Waals surface area contributed by atoms with Crippen molar-refractivity contribution in [3.05, 3.63) is 66.4 Å². The van der Waals surface area contributed by atoms with Gasteiger partial charge >= 0.3 is 6.18 Å². The lowest BCUT2D eigenvalue weighted by Crippen LogP contribution is -2.46. The molecule has 12 heteroatoms. The SMILES string of the molecule is O=C(C1CCN(c2cccc(C(F)(F)F)n2)C1)N1CCC(NC2CCC(O)(c3ccc(-c4ncccn4)cn3)CC2)C1. The molecule has 3 fully saturated rings. The highest BCUT2D eigenvalue weighted by Crippen LogP contribution is 2.37. The summed E-state index contributed by atoms with van der Waals surface area (Å²) in [5, 5.41) is 15.0. The van der Waals surface area contributed by atoms with Crippen LogP contribution in [0.2, 0.25) is 0 Å². The number of aliphatic hydroxyl groups is 1. The third-order valence-corrected chi connectivity index (χ3v) is 8.73. The van der Waals surface area contributed by atoms with Gasteiger partial charge in [-0.05, 0) is 68.9 Å². The van der Waals surface area contributed by atoms with Crippen molar-refractivity contribution in [2.75, 3.05) is 31.1 Å². The van der Waals surface area contributed by atoms with Crippen molar-refractivity contribution in [2.24, 2.45) is 5.92 Å². The van der Waals surface area contributed by atoms with E-state index in [1.54, 1.807) is 35.6 Å². The van der Waals surface area contributed by atoms with E-state index in [-0.39, 0.29) is 29.7 Å². The van der Waals surface area contributed by atoms with E-state index in [0.29, 0.717) is 57.0 Å². The van der Waals surface area contributed by atoms with Gasteiger partial charge in [-0.1, -0.05) is 6.07 Å². The summed E-state index contributed by atoms with van der Waals surface area (Å²) in [4.78, 5) is 33.7. The minimum absolute atomic E-state index is 0.0576. The van der Waals surface area contributed by atoms with E-state index in [0.717, 1.165) is 30.9 Å². The molecule has 1 saturated carbocycles. The number of nitrogens with one attached hydrogen (secondary N) is 1. The van der Waals surface area contributed by atoms with E-state index in [1.165, 1.54) is 6.07 Å². The largest absolute Gasteiger partial charge is 0.433 e. The Balaban J connectivity index is 0.977. The third-order valence-electron chi connectivity index (χ3n) is 8.73. The fraction of sp³-hybridized carbons (Fsp3) is 0.500. The number of anilines is 1. The summed E-state index contributed by atoms with van der Waals surface area (Å²) >= 11 is 0. The van der Waals surface area contributed by atoms with Gasteiger partial charge in [0.2, 0.25) is 5.91 Å². The average Bonchev–Trinajstić information content (AvgIpc) is 3.69. The molecule has 2 unspecified atom stereocenters. The summed E-state index contributed by atoms with van der Waals surface area (Å²) < 4.78 is 39.3. The van der Waals surface area contributed by atoms with E-state index in [9.17, 15) is 23.1 Å². The van der Waals surface area contributed by atoms with Crippen molar-refractivity contribution < 1.29 is 23.1 Å². The van der Waals surface area contributed by atoms with E-state index in [1.807, 2.05) is 17.0 Å². The van der Waals surface area contributed by atoms with E-state index in [2.05, 4.69) is 25.3 Å². The van der Waals surface area contributed by atoms with Crippen LogP contribution in [-0.2, 0) is 16.6 Å². The lowest BCUT2D eigenvalue weighted by Gasteiger charge is -2.37. The first-order valence-corrected chi connectivity index (χ1v) is 14.5.